The van der Waals surface area contributed by atoms with E-state index in [1.165, 1.54) is 25.7 Å². The molecule has 0 heterocycles. The summed E-state index contributed by atoms with van der Waals surface area (Å²) in [5.74, 6) is 1.92. The van der Waals surface area contributed by atoms with Crippen LogP contribution in [0.15, 0.2) is 0 Å². The van der Waals surface area contributed by atoms with Crippen molar-refractivity contribution in [1.29, 1.82) is 0 Å². The zero-order valence-corrected chi connectivity index (χ0v) is 8.79. The van der Waals surface area contributed by atoms with Crippen molar-refractivity contribution in [1.82, 2.24) is 0 Å². The average Bonchev–Trinajstić information content (AvgIpc) is 2.05. The summed E-state index contributed by atoms with van der Waals surface area (Å²) in [6, 6.07) is 0. The molecule has 0 bridgehead atoms. The fraction of sp³-hybridized carbons (Fsp3) is 1.00. The highest BCUT2D eigenvalue weighted by molar-refractivity contribution is 7.99. The second kappa shape index (κ2) is 4.39. The molecular formula is C10H20S. The smallest absolute Gasteiger partial charge is 0.00470 e. The van der Waals surface area contributed by atoms with Crippen LogP contribution in [0.4, 0.5) is 0 Å². The highest BCUT2D eigenvalue weighted by atomic mass is 32.2. The van der Waals surface area contributed by atoms with Crippen LogP contribution in [0.5, 0.6) is 0 Å². The molecule has 0 saturated heterocycles. The molecule has 0 aromatic rings. The third-order valence-electron chi connectivity index (χ3n) is 2.94. The zero-order valence-electron chi connectivity index (χ0n) is 7.97. The molecule has 1 aliphatic rings. The standard InChI is InChI=1S/C10H20S/c1-8(2)9-5-4-6-10(7-9)11-3/h8-10H,4-7H2,1-3H3. The van der Waals surface area contributed by atoms with Crippen LogP contribution in [0.25, 0.3) is 0 Å². The molecule has 0 aromatic carbocycles. The first-order valence-electron chi connectivity index (χ1n) is 4.76. The lowest BCUT2D eigenvalue weighted by Crippen LogP contribution is -2.20. The number of hydrogen-bond acceptors (Lipinski definition) is 1. The summed E-state index contributed by atoms with van der Waals surface area (Å²) in [5.41, 5.74) is 0. The molecule has 11 heavy (non-hydrogen) atoms. The molecule has 0 nitrogen and oxygen atoms in total. The molecular weight excluding hydrogens is 152 g/mol. The molecule has 0 N–H and O–H groups in total. The van der Waals surface area contributed by atoms with Crippen molar-refractivity contribution >= 4 is 11.8 Å². The summed E-state index contributed by atoms with van der Waals surface area (Å²) in [6.07, 6.45) is 8.14. The maximum absolute atomic E-state index is 2.37. The molecule has 1 fully saturated rings. The van der Waals surface area contributed by atoms with Gasteiger partial charge in [-0.2, -0.15) is 11.8 Å². The monoisotopic (exact) mass is 172 g/mol. The summed E-state index contributed by atoms with van der Waals surface area (Å²) in [5, 5.41) is 0.969. The van der Waals surface area contributed by atoms with E-state index < -0.39 is 0 Å². The Bertz CT molecular complexity index is 109. The molecule has 0 spiro atoms. The SMILES string of the molecule is CSC1CCCC(C(C)C)C1. The quantitative estimate of drug-likeness (QED) is 0.613. The highest BCUT2D eigenvalue weighted by Gasteiger charge is 2.22. The Morgan fingerprint density at radius 3 is 2.55 bits per heavy atom. The Morgan fingerprint density at radius 1 is 1.27 bits per heavy atom. The lowest BCUT2D eigenvalue weighted by atomic mass is 9.81. The van der Waals surface area contributed by atoms with Gasteiger partial charge in [0.15, 0.2) is 0 Å². The summed E-state index contributed by atoms with van der Waals surface area (Å²) < 4.78 is 0. The van der Waals surface area contributed by atoms with Crippen molar-refractivity contribution in [2.45, 2.75) is 44.8 Å². The van der Waals surface area contributed by atoms with Crippen LogP contribution in [0.1, 0.15) is 39.5 Å². The van der Waals surface area contributed by atoms with Crippen LogP contribution in [-0.2, 0) is 0 Å². The van der Waals surface area contributed by atoms with E-state index in [4.69, 9.17) is 0 Å². The first-order chi connectivity index (χ1) is 5.24. The molecule has 0 amide bonds. The topological polar surface area (TPSA) is 0 Å². The molecule has 1 rings (SSSR count). The Kier molecular flexibility index (Phi) is 3.77. The van der Waals surface area contributed by atoms with Crippen molar-refractivity contribution in [3.8, 4) is 0 Å². The van der Waals surface area contributed by atoms with Gasteiger partial charge >= 0.3 is 0 Å². The van der Waals surface area contributed by atoms with Crippen molar-refractivity contribution in [3.05, 3.63) is 0 Å². The third kappa shape index (κ3) is 2.70. The molecule has 0 radical (unpaired) electrons. The van der Waals surface area contributed by atoms with Crippen molar-refractivity contribution < 1.29 is 0 Å². The Morgan fingerprint density at radius 2 is 2.00 bits per heavy atom. The van der Waals surface area contributed by atoms with Crippen molar-refractivity contribution in [2.75, 3.05) is 6.26 Å². The average molecular weight is 172 g/mol. The molecule has 0 aliphatic heterocycles. The van der Waals surface area contributed by atoms with Crippen LogP contribution in [-0.4, -0.2) is 11.5 Å². The maximum Gasteiger partial charge on any atom is 0.00470 e. The van der Waals surface area contributed by atoms with E-state index in [1.807, 2.05) is 0 Å². The van der Waals surface area contributed by atoms with Crippen molar-refractivity contribution in [2.24, 2.45) is 11.8 Å². The van der Waals surface area contributed by atoms with E-state index in [9.17, 15) is 0 Å². The molecule has 1 heteroatoms. The van der Waals surface area contributed by atoms with Gasteiger partial charge in [-0.05, 0) is 30.9 Å². The molecule has 2 atom stereocenters. The van der Waals surface area contributed by atoms with E-state index in [0.29, 0.717) is 0 Å². The molecule has 0 aromatic heterocycles. The minimum absolute atomic E-state index is 0.907. The van der Waals surface area contributed by atoms with Gasteiger partial charge < -0.3 is 0 Å². The van der Waals surface area contributed by atoms with Gasteiger partial charge in [-0.25, -0.2) is 0 Å². The van der Waals surface area contributed by atoms with Crippen LogP contribution in [0.2, 0.25) is 0 Å². The third-order valence-corrected chi connectivity index (χ3v) is 4.04. The normalized spacial score (nSPS) is 32.7. The van der Waals surface area contributed by atoms with E-state index in [0.717, 1.165) is 17.1 Å². The predicted molar refractivity (Wildman–Crippen MR) is 54.1 cm³/mol. The summed E-state index contributed by atoms with van der Waals surface area (Å²) in [6.45, 7) is 4.74. The summed E-state index contributed by atoms with van der Waals surface area (Å²) >= 11 is 2.07. The second-order valence-corrected chi connectivity index (χ2v) is 5.17. The van der Waals surface area contributed by atoms with Crippen molar-refractivity contribution in [3.63, 3.8) is 0 Å². The van der Waals surface area contributed by atoms with E-state index >= 15 is 0 Å². The Hall–Kier alpha value is 0.350. The molecule has 1 saturated carbocycles. The van der Waals surface area contributed by atoms with Crippen LogP contribution in [0.3, 0.4) is 0 Å². The summed E-state index contributed by atoms with van der Waals surface area (Å²) in [7, 11) is 0. The highest BCUT2D eigenvalue weighted by Crippen LogP contribution is 2.34. The van der Waals surface area contributed by atoms with Gasteiger partial charge in [-0.15, -0.1) is 0 Å². The lowest BCUT2D eigenvalue weighted by Gasteiger charge is -2.30. The predicted octanol–water partition coefficient (Wildman–Crippen LogP) is 3.56. The van der Waals surface area contributed by atoms with Gasteiger partial charge in [0.05, 0.1) is 0 Å². The number of thioether (sulfide) groups is 1. The minimum atomic E-state index is 0.907. The van der Waals surface area contributed by atoms with Gasteiger partial charge in [0, 0.05) is 5.25 Å². The Labute approximate surface area is 75.1 Å². The van der Waals surface area contributed by atoms with Gasteiger partial charge in [0.2, 0.25) is 0 Å². The van der Waals surface area contributed by atoms with E-state index in [-0.39, 0.29) is 0 Å². The zero-order chi connectivity index (χ0) is 8.27. The molecule has 66 valence electrons. The van der Waals surface area contributed by atoms with E-state index in [2.05, 4.69) is 31.9 Å². The largest absolute Gasteiger partial charge is 0.162 e. The van der Waals surface area contributed by atoms with Crippen LogP contribution >= 0.6 is 11.8 Å². The Balaban J connectivity index is 2.33. The summed E-state index contributed by atoms with van der Waals surface area (Å²) in [4.78, 5) is 0. The van der Waals surface area contributed by atoms with Gasteiger partial charge in [0.25, 0.3) is 0 Å². The second-order valence-electron chi connectivity index (χ2n) is 4.03. The maximum atomic E-state index is 2.37. The van der Waals surface area contributed by atoms with Gasteiger partial charge in [0.1, 0.15) is 0 Å². The van der Waals surface area contributed by atoms with E-state index in [1.54, 1.807) is 0 Å². The number of hydrogen-bond donors (Lipinski definition) is 0. The first kappa shape index (κ1) is 9.44. The first-order valence-corrected chi connectivity index (χ1v) is 6.05. The molecule has 1 aliphatic carbocycles. The molecule has 2 unspecified atom stereocenters. The van der Waals surface area contributed by atoms with Crippen LogP contribution < -0.4 is 0 Å². The fourth-order valence-corrected chi connectivity index (χ4v) is 2.84. The van der Waals surface area contributed by atoms with Crippen LogP contribution in [0, 0.1) is 11.8 Å². The number of rotatable bonds is 2. The van der Waals surface area contributed by atoms with Gasteiger partial charge in [-0.3, -0.25) is 0 Å². The lowest BCUT2D eigenvalue weighted by molar-refractivity contribution is 0.285. The fourth-order valence-electron chi connectivity index (χ4n) is 2.00. The minimum Gasteiger partial charge on any atom is -0.162 e. The van der Waals surface area contributed by atoms with Gasteiger partial charge in [-0.1, -0.05) is 26.7 Å².